The van der Waals surface area contributed by atoms with Crippen LogP contribution in [-0.2, 0) is 12.4 Å². The molecule has 2 rings (SSSR count). The van der Waals surface area contributed by atoms with Gasteiger partial charge in [0.2, 0.25) is 0 Å². The summed E-state index contributed by atoms with van der Waals surface area (Å²) in [6.45, 7) is 7.23. The molecule has 96 valence electrons. The van der Waals surface area contributed by atoms with Gasteiger partial charge in [0.25, 0.3) is 0 Å². The Morgan fingerprint density at radius 2 is 2.00 bits per heavy atom. The minimum absolute atomic E-state index is 0.401. The van der Waals surface area contributed by atoms with Gasteiger partial charge in [-0.3, -0.25) is 0 Å². The highest BCUT2D eigenvalue weighted by Gasteiger charge is 2.14. The second-order valence-corrected chi connectivity index (χ2v) is 4.81. The summed E-state index contributed by atoms with van der Waals surface area (Å²) in [5.41, 5.74) is 3.59. The highest BCUT2D eigenvalue weighted by molar-refractivity contribution is 6.16. The molecule has 1 aromatic heterocycles. The van der Waals surface area contributed by atoms with Crippen LogP contribution in [0, 0.1) is 13.8 Å². The van der Waals surface area contributed by atoms with E-state index >= 15 is 0 Å². The second-order valence-electron chi connectivity index (χ2n) is 4.54. The Hall–Kier alpha value is -1.35. The van der Waals surface area contributed by atoms with Gasteiger partial charge in [0.15, 0.2) is 5.82 Å². The van der Waals surface area contributed by atoms with Crippen molar-refractivity contribution in [3.63, 3.8) is 0 Å². The third-order valence-corrected chi connectivity index (χ3v) is 3.27. The highest BCUT2D eigenvalue weighted by Crippen LogP contribution is 2.24. The highest BCUT2D eigenvalue weighted by atomic mass is 35.5. The monoisotopic (exact) mass is 263 g/mol. The first-order chi connectivity index (χ1) is 8.67. The van der Waals surface area contributed by atoms with E-state index in [4.69, 9.17) is 11.6 Å². The maximum Gasteiger partial charge on any atom is 0.164 e. The maximum absolute atomic E-state index is 5.92. The van der Waals surface area contributed by atoms with Gasteiger partial charge in [-0.2, -0.15) is 0 Å². The molecule has 0 N–H and O–H groups in total. The van der Waals surface area contributed by atoms with Crippen molar-refractivity contribution in [1.29, 1.82) is 0 Å². The Labute approximate surface area is 113 Å². The van der Waals surface area contributed by atoms with E-state index < -0.39 is 0 Å². The predicted molar refractivity (Wildman–Crippen MR) is 74.8 cm³/mol. The Bertz CT molecular complexity index is 546. The molecule has 0 saturated heterocycles. The number of alkyl halides is 1. The van der Waals surface area contributed by atoms with Crippen LogP contribution in [0.15, 0.2) is 18.2 Å². The third-order valence-electron chi connectivity index (χ3n) is 3.03. The molecular formula is C14H18ClN3. The Morgan fingerprint density at radius 1 is 1.22 bits per heavy atom. The third kappa shape index (κ3) is 2.41. The van der Waals surface area contributed by atoms with Crippen molar-refractivity contribution in [1.82, 2.24) is 14.8 Å². The summed E-state index contributed by atoms with van der Waals surface area (Å²) in [5, 5.41) is 8.49. The zero-order valence-corrected chi connectivity index (χ0v) is 11.8. The normalized spacial score (nSPS) is 10.9. The molecule has 0 saturated carbocycles. The lowest BCUT2D eigenvalue weighted by Crippen LogP contribution is -2.04. The van der Waals surface area contributed by atoms with Crippen molar-refractivity contribution >= 4 is 11.6 Å². The van der Waals surface area contributed by atoms with Crippen LogP contribution in [0.2, 0.25) is 0 Å². The average molecular weight is 264 g/mol. The number of hydrogen-bond donors (Lipinski definition) is 0. The molecular weight excluding hydrogens is 246 g/mol. The van der Waals surface area contributed by atoms with Crippen molar-refractivity contribution < 1.29 is 0 Å². The molecule has 4 heteroatoms. The molecule has 3 nitrogen and oxygen atoms in total. The van der Waals surface area contributed by atoms with Gasteiger partial charge in [0.05, 0.1) is 5.88 Å². The van der Waals surface area contributed by atoms with Gasteiger partial charge in [-0.05, 0) is 31.9 Å². The lowest BCUT2D eigenvalue weighted by atomic mass is 10.1. The zero-order chi connectivity index (χ0) is 13.1. The standard InChI is InChI=1S/C14H18ClN3/c1-4-7-18-13(9-15)16-17-14(18)12-8-10(2)5-6-11(12)3/h5-6,8H,4,7,9H2,1-3H3. The second kappa shape index (κ2) is 5.53. The van der Waals surface area contributed by atoms with Crippen LogP contribution in [0.4, 0.5) is 0 Å². The van der Waals surface area contributed by atoms with Crippen molar-refractivity contribution in [2.75, 3.05) is 0 Å². The van der Waals surface area contributed by atoms with Gasteiger partial charge in [0.1, 0.15) is 5.82 Å². The molecule has 0 spiro atoms. The van der Waals surface area contributed by atoms with E-state index in [1.54, 1.807) is 0 Å². The summed E-state index contributed by atoms with van der Waals surface area (Å²) in [6, 6.07) is 6.39. The van der Waals surface area contributed by atoms with Crippen LogP contribution in [-0.4, -0.2) is 14.8 Å². The number of benzene rings is 1. The summed E-state index contributed by atoms with van der Waals surface area (Å²) in [6.07, 6.45) is 1.04. The van der Waals surface area contributed by atoms with E-state index in [1.807, 2.05) is 0 Å². The Kier molecular flexibility index (Phi) is 4.02. The molecule has 0 aliphatic carbocycles. The summed E-state index contributed by atoms with van der Waals surface area (Å²) < 4.78 is 2.12. The smallest absolute Gasteiger partial charge is 0.164 e. The van der Waals surface area contributed by atoms with Crippen LogP contribution in [0.5, 0.6) is 0 Å². The summed E-state index contributed by atoms with van der Waals surface area (Å²) in [7, 11) is 0. The molecule has 1 heterocycles. The molecule has 0 aliphatic heterocycles. The quantitative estimate of drug-likeness (QED) is 0.788. The first-order valence-corrected chi connectivity index (χ1v) is 6.76. The zero-order valence-electron chi connectivity index (χ0n) is 11.1. The van der Waals surface area contributed by atoms with E-state index in [9.17, 15) is 0 Å². The van der Waals surface area contributed by atoms with Crippen molar-refractivity contribution in [2.24, 2.45) is 0 Å². The van der Waals surface area contributed by atoms with Gasteiger partial charge >= 0.3 is 0 Å². The molecule has 2 aromatic rings. The molecule has 0 unspecified atom stereocenters. The first kappa shape index (κ1) is 13.1. The fourth-order valence-corrected chi connectivity index (χ4v) is 2.27. The largest absolute Gasteiger partial charge is 0.310 e. The van der Waals surface area contributed by atoms with Gasteiger partial charge in [0, 0.05) is 12.1 Å². The van der Waals surface area contributed by atoms with Crippen LogP contribution >= 0.6 is 11.6 Å². The maximum atomic E-state index is 5.92. The number of aromatic nitrogens is 3. The minimum Gasteiger partial charge on any atom is -0.310 e. The van der Waals surface area contributed by atoms with Crippen LogP contribution in [0.1, 0.15) is 30.3 Å². The molecule has 0 bridgehead atoms. The van der Waals surface area contributed by atoms with Gasteiger partial charge in [-0.1, -0.05) is 24.6 Å². The van der Waals surface area contributed by atoms with Crippen molar-refractivity contribution in [3.05, 3.63) is 35.2 Å². The summed E-state index contributed by atoms with van der Waals surface area (Å²) >= 11 is 5.92. The molecule has 0 fully saturated rings. The van der Waals surface area contributed by atoms with Crippen LogP contribution in [0.25, 0.3) is 11.4 Å². The SMILES string of the molecule is CCCn1c(CCl)nnc1-c1cc(C)ccc1C. The average Bonchev–Trinajstić information content (AvgIpc) is 2.76. The molecule has 18 heavy (non-hydrogen) atoms. The van der Waals surface area contributed by atoms with E-state index in [-0.39, 0.29) is 0 Å². The fraction of sp³-hybridized carbons (Fsp3) is 0.429. The van der Waals surface area contributed by atoms with Gasteiger partial charge in [-0.25, -0.2) is 0 Å². The van der Waals surface area contributed by atoms with Crippen LogP contribution < -0.4 is 0 Å². The van der Waals surface area contributed by atoms with Crippen molar-refractivity contribution in [3.8, 4) is 11.4 Å². The van der Waals surface area contributed by atoms with Gasteiger partial charge in [-0.15, -0.1) is 21.8 Å². The van der Waals surface area contributed by atoms with Crippen LogP contribution in [0.3, 0.4) is 0 Å². The summed E-state index contributed by atoms with van der Waals surface area (Å²) in [4.78, 5) is 0. The number of halogens is 1. The number of aryl methyl sites for hydroxylation is 2. The Morgan fingerprint density at radius 3 is 2.67 bits per heavy atom. The molecule has 0 radical (unpaired) electrons. The molecule has 0 atom stereocenters. The fourth-order valence-electron chi connectivity index (χ4n) is 2.07. The van der Waals surface area contributed by atoms with E-state index in [1.165, 1.54) is 11.1 Å². The van der Waals surface area contributed by atoms with Gasteiger partial charge < -0.3 is 4.57 Å². The van der Waals surface area contributed by atoms with E-state index in [0.717, 1.165) is 30.2 Å². The predicted octanol–water partition coefficient (Wildman–Crippen LogP) is 3.71. The lowest BCUT2D eigenvalue weighted by molar-refractivity contribution is 0.659. The number of rotatable bonds is 4. The van der Waals surface area contributed by atoms with E-state index in [2.05, 4.69) is 53.7 Å². The first-order valence-electron chi connectivity index (χ1n) is 6.23. The topological polar surface area (TPSA) is 30.7 Å². The van der Waals surface area contributed by atoms with Crippen molar-refractivity contribution in [2.45, 2.75) is 39.6 Å². The molecule has 0 aliphatic rings. The number of nitrogens with zero attached hydrogens (tertiary/aromatic N) is 3. The molecule has 1 aromatic carbocycles. The lowest BCUT2D eigenvalue weighted by Gasteiger charge is -2.10. The summed E-state index contributed by atoms with van der Waals surface area (Å²) in [5.74, 6) is 2.17. The number of hydrogen-bond acceptors (Lipinski definition) is 2. The minimum atomic E-state index is 0.401. The molecule has 0 amide bonds. The Balaban J connectivity index is 2.56. The van der Waals surface area contributed by atoms with E-state index in [0.29, 0.717) is 5.88 Å².